The molecule has 0 radical (unpaired) electrons. The van der Waals surface area contributed by atoms with Crippen LogP contribution < -0.4 is 20.5 Å². The standard InChI is InChI=1S/C14H17N5O3/c1-4-22-11-6-5-10(7-12(11)21-3)8-15-18-14-16-13(20)9(2)17-19-14/h5-8H,4H2,1-3H3,(H2,16,18,19,20). The molecule has 0 unspecified atom stereocenters. The summed E-state index contributed by atoms with van der Waals surface area (Å²) in [4.78, 5) is 13.9. The number of rotatable bonds is 6. The zero-order valence-electron chi connectivity index (χ0n) is 12.6. The van der Waals surface area contributed by atoms with Crippen molar-refractivity contribution in [1.29, 1.82) is 0 Å². The number of aromatic amines is 1. The number of nitrogens with one attached hydrogen (secondary N) is 2. The van der Waals surface area contributed by atoms with Crippen LogP contribution in [-0.2, 0) is 0 Å². The zero-order valence-corrected chi connectivity index (χ0v) is 12.6. The van der Waals surface area contributed by atoms with Gasteiger partial charge in [0.2, 0.25) is 5.95 Å². The normalized spacial score (nSPS) is 10.7. The van der Waals surface area contributed by atoms with Gasteiger partial charge in [0.1, 0.15) is 5.69 Å². The maximum atomic E-state index is 11.4. The first-order chi connectivity index (χ1) is 10.6. The molecule has 2 aromatic rings. The number of aromatic nitrogens is 3. The predicted octanol–water partition coefficient (Wildman–Crippen LogP) is 1.33. The highest BCUT2D eigenvalue weighted by molar-refractivity contribution is 5.81. The van der Waals surface area contributed by atoms with Crippen LogP contribution in [0.4, 0.5) is 5.95 Å². The van der Waals surface area contributed by atoms with Crippen LogP contribution in [0.5, 0.6) is 11.5 Å². The highest BCUT2D eigenvalue weighted by Gasteiger charge is 2.04. The van der Waals surface area contributed by atoms with Crippen LogP contribution in [0, 0.1) is 6.92 Å². The van der Waals surface area contributed by atoms with Crippen LogP contribution in [-0.4, -0.2) is 35.1 Å². The van der Waals surface area contributed by atoms with E-state index in [1.807, 2.05) is 13.0 Å². The lowest BCUT2D eigenvalue weighted by Crippen LogP contribution is -2.15. The van der Waals surface area contributed by atoms with E-state index in [0.29, 0.717) is 23.8 Å². The van der Waals surface area contributed by atoms with Gasteiger partial charge in [-0.2, -0.15) is 5.10 Å². The summed E-state index contributed by atoms with van der Waals surface area (Å²) in [6, 6.07) is 5.43. The molecule has 0 aliphatic rings. The van der Waals surface area contributed by atoms with E-state index in [0.717, 1.165) is 5.56 Å². The van der Waals surface area contributed by atoms with Gasteiger partial charge in [0, 0.05) is 0 Å². The van der Waals surface area contributed by atoms with Crippen LogP contribution in [0.2, 0.25) is 0 Å². The maximum Gasteiger partial charge on any atom is 0.274 e. The number of H-pyrrole nitrogens is 1. The number of methoxy groups -OCH3 is 1. The summed E-state index contributed by atoms with van der Waals surface area (Å²) in [5, 5.41) is 11.5. The molecular weight excluding hydrogens is 286 g/mol. The number of nitrogens with zero attached hydrogens (tertiary/aromatic N) is 3. The summed E-state index contributed by atoms with van der Waals surface area (Å²) in [5.41, 5.74) is 3.40. The third-order valence-corrected chi connectivity index (χ3v) is 2.73. The Labute approximate surface area is 127 Å². The molecule has 0 bridgehead atoms. The van der Waals surface area contributed by atoms with Gasteiger partial charge in [0.15, 0.2) is 11.5 Å². The molecule has 1 aromatic heterocycles. The van der Waals surface area contributed by atoms with E-state index in [1.165, 1.54) is 0 Å². The summed E-state index contributed by atoms with van der Waals surface area (Å²) in [6.45, 7) is 4.04. The van der Waals surface area contributed by atoms with Crippen molar-refractivity contribution >= 4 is 12.2 Å². The third kappa shape index (κ3) is 3.81. The second kappa shape index (κ2) is 7.21. The largest absolute Gasteiger partial charge is 0.493 e. The van der Waals surface area contributed by atoms with Gasteiger partial charge < -0.3 is 9.47 Å². The highest BCUT2D eigenvalue weighted by Crippen LogP contribution is 2.27. The molecule has 0 fully saturated rings. The van der Waals surface area contributed by atoms with Gasteiger partial charge in [-0.25, -0.2) is 5.43 Å². The van der Waals surface area contributed by atoms with E-state index in [-0.39, 0.29) is 11.5 Å². The number of hydrazone groups is 1. The summed E-state index contributed by atoms with van der Waals surface area (Å²) in [5.74, 6) is 1.46. The Morgan fingerprint density at radius 2 is 2.18 bits per heavy atom. The number of hydrogen-bond acceptors (Lipinski definition) is 7. The molecule has 0 amide bonds. The summed E-state index contributed by atoms with van der Waals surface area (Å²) < 4.78 is 10.7. The predicted molar refractivity (Wildman–Crippen MR) is 82.8 cm³/mol. The van der Waals surface area contributed by atoms with Gasteiger partial charge in [0.25, 0.3) is 5.56 Å². The van der Waals surface area contributed by atoms with Gasteiger partial charge in [-0.3, -0.25) is 9.78 Å². The second-order valence-electron chi connectivity index (χ2n) is 4.30. The molecule has 2 rings (SSSR count). The fourth-order valence-corrected chi connectivity index (χ4v) is 1.65. The van der Waals surface area contributed by atoms with E-state index in [4.69, 9.17) is 9.47 Å². The molecule has 1 aromatic carbocycles. The molecule has 22 heavy (non-hydrogen) atoms. The van der Waals surface area contributed by atoms with Gasteiger partial charge >= 0.3 is 0 Å². The number of benzene rings is 1. The Morgan fingerprint density at radius 3 is 2.86 bits per heavy atom. The number of aryl methyl sites for hydroxylation is 1. The fraction of sp³-hybridized carbons (Fsp3) is 0.286. The van der Waals surface area contributed by atoms with E-state index < -0.39 is 0 Å². The Bertz CT molecular complexity index is 727. The minimum atomic E-state index is -0.310. The Hall–Kier alpha value is -2.90. The van der Waals surface area contributed by atoms with E-state index >= 15 is 0 Å². The van der Waals surface area contributed by atoms with Gasteiger partial charge in [0.05, 0.1) is 19.9 Å². The van der Waals surface area contributed by atoms with Crippen molar-refractivity contribution in [2.24, 2.45) is 5.10 Å². The second-order valence-corrected chi connectivity index (χ2v) is 4.30. The average Bonchev–Trinajstić information content (AvgIpc) is 2.52. The van der Waals surface area contributed by atoms with Crippen molar-refractivity contribution in [2.75, 3.05) is 19.1 Å². The van der Waals surface area contributed by atoms with Crippen LogP contribution in [0.25, 0.3) is 0 Å². The minimum Gasteiger partial charge on any atom is -0.493 e. The maximum absolute atomic E-state index is 11.4. The van der Waals surface area contributed by atoms with Crippen molar-refractivity contribution in [1.82, 2.24) is 15.2 Å². The lowest BCUT2D eigenvalue weighted by molar-refractivity contribution is 0.311. The molecule has 0 saturated carbocycles. The van der Waals surface area contributed by atoms with Crippen molar-refractivity contribution in [3.05, 3.63) is 39.8 Å². The first-order valence-corrected chi connectivity index (χ1v) is 6.67. The highest BCUT2D eigenvalue weighted by atomic mass is 16.5. The molecule has 116 valence electrons. The molecule has 2 N–H and O–H groups in total. The monoisotopic (exact) mass is 303 g/mol. The molecule has 0 spiro atoms. The summed E-state index contributed by atoms with van der Waals surface area (Å²) >= 11 is 0. The van der Waals surface area contributed by atoms with Crippen molar-refractivity contribution in [2.45, 2.75) is 13.8 Å². The molecule has 8 heteroatoms. The van der Waals surface area contributed by atoms with Crippen molar-refractivity contribution in [3.8, 4) is 11.5 Å². The van der Waals surface area contributed by atoms with E-state index in [9.17, 15) is 4.79 Å². The van der Waals surface area contributed by atoms with Gasteiger partial charge in [-0.05, 0) is 37.6 Å². The van der Waals surface area contributed by atoms with Crippen molar-refractivity contribution < 1.29 is 9.47 Å². The fourth-order valence-electron chi connectivity index (χ4n) is 1.65. The van der Waals surface area contributed by atoms with Crippen LogP contribution in [0.15, 0.2) is 28.1 Å². The Kier molecular flexibility index (Phi) is 5.07. The molecule has 1 heterocycles. The van der Waals surface area contributed by atoms with E-state index in [1.54, 1.807) is 32.4 Å². The number of hydrogen-bond donors (Lipinski definition) is 2. The SMILES string of the molecule is CCOc1ccc(C=NNc2nnc(C)c(=O)[nH]2)cc1OC. The van der Waals surface area contributed by atoms with Crippen LogP contribution in [0.1, 0.15) is 18.2 Å². The Morgan fingerprint density at radius 1 is 1.36 bits per heavy atom. The van der Waals surface area contributed by atoms with Crippen LogP contribution >= 0.6 is 0 Å². The van der Waals surface area contributed by atoms with Gasteiger partial charge in [-0.1, -0.05) is 0 Å². The molecule has 0 aliphatic heterocycles. The lowest BCUT2D eigenvalue weighted by atomic mass is 10.2. The Balaban J connectivity index is 2.09. The molecule has 0 atom stereocenters. The summed E-state index contributed by atoms with van der Waals surface area (Å²) in [6.07, 6.45) is 1.57. The van der Waals surface area contributed by atoms with Crippen molar-refractivity contribution in [3.63, 3.8) is 0 Å². The molecule has 8 nitrogen and oxygen atoms in total. The zero-order chi connectivity index (χ0) is 15.9. The molecular formula is C14H17N5O3. The van der Waals surface area contributed by atoms with E-state index in [2.05, 4.69) is 25.7 Å². The first kappa shape index (κ1) is 15.5. The number of anilines is 1. The topological polar surface area (TPSA) is 101 Å². The quantitative estimate of drug-likeness (QED) is 0.616. The third-order valence-electron chi connectivity index (χ3n) is 2.73. The number of ether oxygens (including phenoxy) is 2. The van der Waals surface area contributed by atoms with Crippen LogP contribution in [0.3, 0.4) is 0 Å². The summed E-state index contributed by atoms with van der Waals surface area (Å²) in [7, 11) is 1.57. The van der Waals surface area contributed by atoms with Gasteiger partial charge in [-0.15, -0.1) is 10.2 Å². The lowest BCUT2D eigenvalue weighted by Gasteiger charge is -2.09. The molecule has 0 saturated heterocycles. The average molecular weight is 303 g/mol. The smallest absolute Gasteiger partial charge is 0.274 e. The molecule has 0 aliphatic carbocycles. The first-order valence-electron chi connectivity index (χ1n) is 6.67. The minimum absolute atomic E-state index is 0.171.